The van der Waals surface area contributed by atoms with Crippen LogP contribution < -0.4 is 10.5 Å². The number of para-hydroxylation sites is 1. The maximum Gasteiger partial charge on any atom is 0.124 e. The van der Waals surface area contributed by atoms with E-state index in [2.05, 4.69) is 24.0 Å². The first kappa shape index (κ1) is 12.9. The van der Waals surface area contributed by atoms with Gasteiger partial charge in [0.05, 0.1) is 12.1 Å². The highest BCUT2D eigenvalue weighted by atomic mass is 16.5. The lowest BCUT2D eigenvalue weighted by Crippen LogP contribution is -2.49. The molecule has 1 aromatic carbocycles. The second-order valence-electron chi connectivity index (χ2n) is 5.88. The van der Waals surface area contributed by atoms with Crippen molar-refractivity contribution in [3.8, 4) is 5.75 Å². The molecule has 19 heavy (non-hydrogen) atoms. The third kappa shape index (κ3) is 2.77. The Bertz CT molecular complexity index is 431. The van der Waals surface area contributed by atoms with E-state index in [0.717, 1.165) is 30.4 Å². The highest BCUT2D eigenvalue weighted by Crippen LogP contribution is 2.35. The molecule has 0 radical (unpaired) electrons. The number of fused-ring (bicyclic) bond motifs is 1. The standard InChI is InChI=1S/C16H24N2O/c1-2-9-18(10-12-7-8-12)14-11-19-15-6-4-3-5-13(15)16(14)17/h3-6,12,14,16H,2,7-11,17H2,1H3. The van der Waals surface area contributed by atoms with Crippen molar-refractivity contribution in [2.24, 2.45) is 11.7 Å². The van der Waals surface area contributed by atoms with Crippen molar-refractivity contribution < 1.29 is 4.74 Å². The van der Waals surface area contributed by atoms with Gasteiger partial charge in [-0.15, -0.1) is 0 Å². The van der Waals surface area contributed by atoms with Crippen LogP contribution in [-0.2, 0) is 0 Å². The molecule has 2 unspecified atom stereocenters. The number of hydrogen-bond donors (Lipinski definition) is 1. The Morgan fingerprint density at radius 3 is 2.84 bits per heavy atom. The fraction of sp³-hybridized carbons (Fsp3) is 0.625. The minimum atomic E-state index is 0.0789. The molecule has 2 aliphatic rings. The van der Waals surface area contributed by atoms with Crippen molar-refractivity contribution in [1.29, 1.82) is 0 Å². The highest BCUT2D eigenvalue weighted by Gasteiger charge is 2.34. The van der Waals surface area contributed by atoms with Gasteiger partial charge >= 0.3 is 0 Å². The fourth-order valence-corrected chi connectivity index (χ4v) is 3.02. The Morgan fingerprint density at radius 1 is 1.32 bits per heavy atom. The van der Waals surface area contributed by atoms with Crippen molar-refractivity contribution in [2.45, 2.75) is 38.3 Å². The molecule has 3 heteroatoms. The third-order valence-corrected chi connectivity index (χ3v) is 4.27. The van der Waals surface area contributed by atoms with Crippen LogP contribution in [0.25, 0.3) is 0 Å². The summed E-state index contributed by atoms with van der Waals surface area (Å²) < 4.78 is 5.91. The molecule has 1 aromatic rings. The number of benzene rings is 1. The van der Waals surface area contributed by atoms with E-state index in [0.29, 0.717) is 6.04 Å². The molecule has 1 fully saturated rings. The van der Waals surface area contributed by atoms with E-state index in [-0.39, 0.29) is 6.04 Å². The maximum absolute atomic E-state index is 6.50. The summed E-state index contributed by atoms with van der Waals surface area (Å²) in [5.41, 5.74) is 7.66. The van der Waals surface area contributed by atoms with Crippen molar-refractivity contribution in [2.75, 3.05) is 19.7 Å². The molecule has 0 amide bonds. The Kier molecular flexibility index (Phi) is 3.76. The van der Waals surface area contributed by atoms with Gasteiger partial charge in [0.1, 0.15) is 12.4 Å². The number of hydrogen-bond acceptors (Lipinski definition) is 3. The van der Waals surface area contributed by atoms with Gasteiger partial charge in [-0.2, -0.15) is 0 Å². The zero-order valence-electron chi connectivity index (χ0n) is 11.7. The van der Waals surface area contributed by atoms with Gasteiger partial charge in [0, 0.05) is 12.1 Å². The molecule has 104 valence electrons. The SMILES string of the molecule is CCCN(CC1CC1)C1COc2ccccc2C1N. The summed E-state index contributed by atoms with van der Waals surface area (Å²) in [4.78, 5) is 2.55. The second-order valence-corrected chi connectivity index (χ2v) is 5.88. The van der Waals surface area contributed by atoms with E-state index >= 15 is 0 Å². The van der Waals surface area contributed by atoms with Crippen LogP contribution in [-0.4, -0.2) is 30.6 Å². The van der Waals surface area contributed by atoms with Gasteiger partial charge < -0.3 is 10.5 Å². The lowest BCUT2D eigenvalue weighted by Gasteiger charge is -2.39. The van der Waals surface area contributed by atoms with Gasteiger partial charge in [0.15, 0.2) is 0 Å². The lowest BCUT2D eigenvalue weighted by molar-refractivity contribution is 0.0933. The van der Waals surface area contributed by atoms with Gasteiger partial charge in [0.25, 0.3) is 0 Å². The van der Waals surface area contributed by atoms with Gasteiger partial charge in [-0.05, 0) is 37.8 Å². The van der Waals surface area contributed by atoms with Crippen LogP contribution in [0.3, 0.4) is 0 Å². The van der Waals surface area contributed by atoms with Crippen LogP contribution in [0.1, 0.15) is 37.8 Å². The van der Waals surface area contributed by atoms with E-state index in [1.165, 1.54) is 25.8 Å². The Balaban J connectivity index is 1.76. The van der Waals surface area contributed by atoms with Crippen LogP contribution in [0, 0.1) is 5.92 Å². The van der Waals surface area contributed by atoms with Gasteiger partial charge in [-0.1, -0.05) is 25.1 Å². The van der Waals surface area contributed by atoms with Crippen molar-refractivity contribution >= 4 is 0 Å². The monoisotopic (exact) mass is 260 g/mol. The Hall–Kier alpha value is -1.06. The normalized spacial score (nSPS) is 26.1. The molecule has 1 aliphatic carbocycles. The van der Waals surface area contributed by atoms with Gasteiger partial charge in [0.2, 0.25) is 0 Å². The molecular weight excluding hydrogens is 236 g/mol. The summed E-state index contributed by atoms with van der Waals surface area (Å²) in [6.07, 6.45) is 3.96. The summed E-state index contributed by atoms with van der Waals surface area (Å²) in [6, 6.07) is 8.60. The van der Waals surface area contributed by atoms with E-state index in [4.69, 9.17) is 10.5 Å². The van der Waals surface area contributed by atoms with Crippen LogP contribution in [0.5, 0.6) is 5.75 Å². The van der Waals surface area contributed by atoms with E-state index in [1.54, 1.807) is 0 Å². The predicted molar refractivity (Wildman–Crippen MR) is 77.2 cm³/mol. The number of rotatable bonds is 5. The molecular formula is C16H24N2O. The molecule has 2 atom stereocenters. The Labute approximate surface area is 115 Å². The smallest absolute Gasteiger partial charge is 0.124 e. The topological polar surface area (TPSA) is 38.5 Å². The second kappa shape index (κ2) is 5.51. The molecule has 0 spiro atoms. The third-order valence-electron chi connectivity index (χ3n) is 4.27. The molecule has 3 rings (SSSR count). The molecule has 1 heterocycles. The first-order valence-corrected chi connectivity index (χ1v) is 7.51. The van der Waals surface area contributed by atoms with Crippen LogP contribution in [0.4, 0.5) is 0 Å². The molecule has 0 saturated heterocycles. The largest absolute Gasteiger partial charge is 0.492 e. The average molecular weight is 260 g/mol. The van der Waals surface area contributed by atoms with Crippen LogP contribution in [0.15, 0.2) is 24.3 Å². The predicted octanol–water partition coefficient (Wildman–Crippen LogP) is 2.57. The average Bonchev–Trinajstić information content (AvgIpc) is 3.23. The molecule has 1 saturated carbocycles. The maximum atomic E-state index is 6.50. The quantitative estimate of drug-likeness (QED) is 0.884. The summed E-state index contributed by atoms with van der Waals surface area (Å²) in [5.74, 6) is 1.87. The van der Waals surface area contributed by atoms with E-state index in [9.17, 15) is 0 Å². The fourth-order valence-electron chi connectivity index (χ4n) is 3.02. The number of nitrogens with zero attached hydrogens (tertiary/aromatic N) is 1. The van der Waals surface area contributed by atoms with E-state index in [1.807, 2.05) is 12.1 Å². The molecule has 1 aliphatic heterocycles. The summed E-state index contributed by atoms with van der Waals surface area (Å²) >= 11 is 0. The minimum absolute atomic E-state index is 0.0789. The molecule has 0 bridgehead atoms. The van der Waals surface area contributed by atoms with Gasteiger partial charge in [-0.3, -0.25) is 4.90 Å². The molecule has 3 nitrogen and oxygen atoms in total. The first-order chi connectivity index (χ1) is 9.29. The molecule has 0 aromatic heterocycles. The Morgan fingerprint density at radius 2 is 2.11 bits per heavy atom. The van der Waals surface area contributed by atoms with E-state index < -0.39 is 0 Å². The van der Waals surface area contributed by atoms with Crippen LogP contribution >= 0.6 is 0 Å². The van der Waals surface area contributed by atoms with Crippen molar-refractivity contribution in [3.63, 3.8) is 0 Å². The lowest BCUT2D eigenvalue weighted by atomic mass is 9.95. The summed E-state index contributed by atoms with van der Waals surface area (Å²) in [5, 5.41) is 0. The minimum Gasteiger partial charge on any atom is -0.492 e. The molecule has 2 N–H and O–H groups in total. The first-order valence-electron chi connectivity index (χ1n) is 7.51. The van der Waals surface area contributed by atoms with Crippen LogP contribution in [0.2, 0.25) is 0 Å². The summed E-state index contributed by atoms with van der Waals surface area (Å²) in [7, 11) is 0. The highest BCUT2D eigenvalue weighted by molar-refractivity contribution is 5.38. The zero-order chi connectivity index (χ0) is 13.2. The van der Waals surface area contributed by atoms with Crippen molar-refractivity contribution in [3.05, 3.63) is 29.8 Å². The number of nitrogens with two attached hydrogens (primary N) is 1. The number of ether oxygens (including phenoxy) is 1. The zero-order valence-corrected chi connectivity index (χ0v) is 11.7. The van der Waals surface area contributed by atoms with Gasteiger partial charge in [-0.25, -0.2) is 0 Å². The summed E-state index contributed by atoms with van der Waals surface area (Å²) in [6.45, 7) is 5.28. The van der Waals surface area contributed by atoms with Crippen molar-refractivity contribution in [1.82, 2.24) is 4.90 Å².